The first-order valence-corrected chi connectivity index (χ1v) is 10.6. The van der Waals surface area contributed by atoms with Gasteiger partial charge in [-0.15, -0.1) is 0 Å². The number of hydrogen-bond acceptors (Lipinski definition) is 7. The van der Waals surface area contributed by atoms with Crippen molar-refractivity contribution in [2.75, 3.05) is 31.2 Å². The maximum Gasteiger partial charge on any atom is 0.409 e. The Morgan fingerprint density at radius 3 is 2.81 bits per heavy atom. The molecule has 2 saturated carbocycles. The molecule has 0 aromatic rings. The van der Waals surface area contributed by atoms with Crippen LogP contribution >= 0.6 is 11.8 Å². The standard InChI is InChI=1S/C18H25NO6S/c20-15(1-4-23-17(22)19-2-5-26-6-3-19)25-18-9-12-7-13(10-18)16(21)24-14(8-12)11-18/h12-14H,1-11H2. The highest BCUT2D eigenvalue weighted by molar-refractivity contribution is 7.99. The van der Waals surface area contributed by atoms with E-state index in [9.17, 15) is 14.4 Å². The summed E-state index contributed by atoms with van der Waals surface area (Å²) in [5.74, 6) is 1.59. The number of esters is 2. The van der Waals surface area contributed by atoms with E-state index in [2.05, 4.69) is 0 Å². The topological polar surface area (TPSA) is 82.1 Å². The minimum absolute atomic E-state index is 0.0309. The molecule has 5 rings (SSSR count). The summed E-state index contributed by atoms with van der Waals surface area (Å²) in [6, 6.07) is 0. The number of hydrogen-bond donors (Lipinski definition) is 0. The number of rotatable bonds is 4. The molecule has 0 spiro atoms. The number of amides is 1. The van der Waals surface area contributed by atoms with Crippen molar-refractivity contribution in [3.8, 4) is 0 Å². The van der Waals surface area contributed by atoms with E-state index in [1.807, 2.05) is 11.8 Å². The SMILES string of the molecule is O=C(CCOC(=O)N1CCSCC1)OC12CC3CC(C1)OC(=O)C(C3)C2. The summed E-state index contributed by atoms with van der Waals surface area (Å²) >= 11 is 1.82. The largest absolute Gasteiger partial charge is 0.462 e. The molecule has 5 fully saturated rings. The molecule has 1 amide bonds. The summed E-state index contributed by atoms with van der Waals surface area (Å²) < 4.78 is 16.6. The molecule has 0 aromatic carbocycles. The molecule has 2 aliphatic carbocycles. The molecule has 3 heterocycles. The lowest BCUT2D eigenvalue weighted by atomic mass is 9.65. The third kappa shape index (κ3) is 3.80. The van der Waals surface area contributed by atoms with Crippen molar-refractivity contribution in [2.24, 2.45) is 11.8 Å². The molecule has 7 nitrogen and oxygen atoms in total. The van der Waals surface area contributed by atoms with Gasteiger partial charge < -0.3 is 19.1 Å². The number of nitrogens with zero attached hydrogens (tertiary/aromatic N) is 1. The number of carbonyl (C=O) groups is 3. The second-order valence-electron chi connectivity index (χ2n) is 7.83. The fourth-order valence-electron chi connectivity index (χ4n) is 4.85. The summed E-state index contributed by atoms with van der Waals surface area (Å²) in [6.45, 7) is 1.41. The van der Waals surface area contributed by atoms with Crippen molar-refractivity contribution in [2.45, 2.75) is 50.2 Å². The Morgan fingerprint density at radius 1 is 1.19 bits per heavy atom. The lowest BCUT2D eigenvalue weighted by Crippen LogP contribution is -2.48. The zero-order chi connectivity index (χ0) is 18.1. The minimum atomic E-state index is -0.576. The van der Waals surface area contributed by atoms with Gasteiger partial charge in [0.1, 0.15) is 18.3 Å². The van der Waals surface area contributed by atoms with E-state index in [1.54, 1.807) is 4.90 Å². The average Bonchev–Trinajstić information content (AvgIpc) is 2.76. The van der Waals surface area contributed by atoms with E-state index >= 15 is 0 Å². The summed E-state index contributed by atoms with van der Waals surface area (Å²) in [7, 11) is 0. The van der Waals surface area contributed by atoms with Gasteiger partial charge in [0.2, 0.25) is 0 Å². The van der Waals surface area contributed by atoms with Crippen LogP contribution in [0.15, 0.2) is 0 Å². The van der Waals surface area contributed by atoms with E-state index in [4.69, 9.17) is 14.2 Å². The van der Waals surface area contributed by atoms with Gasteiger partial charge in [0, 0.05) is 37.4 Å². The molecule has 0 radical (unpaired) electrons. The summed E-state index contributed by atoms with van der Waals surface area (Å²) in [5.41, 5.74) is -0.576. The highest BCUT2D eigenvalue weighted by Crippen LogP contribution is 2.51. The molecule has 0 N–H and O–H groups in total. The Bertz CT molecular complexity index is 592. The highest BCUT2D eigenvalue weighted by Gasteiger charge is 2.54. The second-order valence-corrected chi connectivity index (χ2v) is 9.05. The fraction of sp³-hybridized carbons (Fsp3) is 0.833. The van der Waals surface area contributed by atoms with E-state index in [0.29, 0.717) is 31.8 Å². The van der Waals surface area contributed by atoms with Crippen LogP contribution in [0.2, 0.25) is 0 Å². The average molecular weight is 383 g/mol. The van der Waals surface area contributed by atoms with Gasteiger partial charge in [-0.2, -0.15) is 11.8 Å². The van der Waals surface area contributed by atoms with Crippen LogP contribution in [0.5, 0.6) is 0 Å². The molecule has 0 aromatic heterocycles. The molecular weight excluding hydrogens is 358 g/mol. The van der Waals surface area contributed by atoms with E-state index < -0.39 is 5.60 Å². The first-order chi connectivity index (χ1) is 12.5. The van der Waals surface area contributed by atoms with Crippen LogP contribution in [0.25, 0.3) is 0 Å². The number of thioether (sulfide) groups is 1. The third-order valence-corrected chi connectivity index (χ3v) is 6.78. The maximum absolute atomic E-state index is 12.3. The molecule has 3 saturated heterocycles. The van der Waals surface area contributed by atoms with Crippen molar-refractivity contribution in [3.63, 3.8) is 0 Å². The Hall–Kier alpha value is -1.44. The normalized spacial score (nSPS) is 35.6. The van der Waals surface area contributed by atoms with Crippen molar-refractivity contribution in [3.05, 3.63) is 0 Å². The summed E-state index contributed by atoms with van der Waals surface area (Å²) in [5, 5.41) is 0. The minimum Gasteiger partial charge on any atom is -0.462 e. The predicted octanol–water partition coefficient (Wildman–Crippen LogP) is 1.98. The van der Waals surface area contributed by atoms with Gasteiger partial charge in [-0.25, -0.2) is 4.79 Å². The van der Waals surface area contributed by atoms with E-state index in [-0.39, 0.29) is 43.1 Å². The van der Waals surface area contributed by atoms with E-state index in [0.717, 1.165) is 30.8 Å². The van der Waals surface area contributed by atoms with Crippen molar-refractivity contribution < 1.29 is 28.6 Å². The molecule has 8 heteroatoms. The van der Waals surface area contributed by atoms with Gasteiger partial charge in [-0.1, -0.05) is 0 Å². The van der Waals surface area contributed by atoms with E-state index in [1.165, 1.54) is 0 Å². The quantitative estimate of drug-likeness (QED) is 0.542. The van der Waals surface area contributed by atoms with Crippen LogP contribution in [0.4, 0.5) is 4.79 Å². The zero-order valence-corrected chi connectivity index (χ0v) is 15.6. The van der Waals surface area contributed by atoms with Gasteiger partial charge >= 0.3 is 18.0 Å². The molecule has 3 aliphatic heterocycles. The zero-order valence-electron chi connectivity index (χ0n) is 14.8. The van der Waals surface area contributed by atoms with Crippen molar-refractivity contribution in [1.82, 2.24) is 4.90 Å². The smallest absolute Gasteiger partial charge is 0.409 e. The Labute approximate surface area is 157 Å². The molecular formula is C18H25NO6S. The number of fused-ring (bicyclic) bond motifs is 1. The number of ether oxygens (including phenoxy) is 3. The molecule has 4 bridgehead atoms. The van der Waals surface area contributed by atoms with Crippen molar-refractivity contribution in [1.29, 1.82) is 0 Å². The Balaban J connectivity index is 1.27. The second kappa shape index (κ2) is 7.29. The molecule has 5 aliphatic rings. The molecule has 4 atom stereocenters. The summed E-state index contributed by atoms with van der Waals surface area (Å²) in [6.07, 6.45) is 3.27. The van der Waals surface area contributed by atoms with Crippen LogP contribution in [-0.2, 0) is 23.8 Å². The first-order valence-electron chi connectivity index (χ1n) is 9.45. The van der Waals surface area contributed by atoms with Gasteiger partial charge in [0.05, 0.1) is 12.3 Å². The Kier molecular flexibility index (Phi) is 5.03. The maximum atomic E-state index is 12.3. The van der Waals surface area contributed by atoms with Crippen LogP contribution in [0.1, 0.15) is 38.5 Å². The fourth-order valence-corrected chi connectivity index (χ4v) is 5.75. The Morgan fingerprint density at radius 2 is 2.00 bits per heavy atom. The predicted molar refractivity (Wildman–Crippen MR) is 93.6 cm³/mol. The van der Waals surface area contributed by atoms with Gasteiger partial charge in [0.25, 0.3) is 0 Å². The van der Waals surface area contributed by atoms with Crippen LogP contribution in [0.3, 0.4) is 0 Å². The van der Waals surface area contributed by atoms with Crippen LogP contribution in [0, 0.1) is 11.8 Å². The lowest BCUT2D eigenvalue weighted by molar-refractivity contribution is -0.174. The lowest BCUT2D eigenvalue weighted by Gasteiger charge is -2.45. The van der Waals surface area contributed by atoms with Crippen molar-refractivity contribution >= 4 is 29.8 Å². The van der Waals surface area contributed by atoms with Crippen LogP contribution < -0.4 is 0 Å². The van der Waals surface area contributed by atoms with Gasteiger partial charge in [-0.3, -0.25) is 9.59 Å². The number of carbonyl (C=O) groups excluding carboxylic acids is 3. The first kappa shape index (κ1) is 17.9. The third-order valence-electron chi connectivity index (χ3n) is 5.84. The molecule has 26 heavy (non-hydrogen) atoms. The summed E-state index contributed by atoms with van der Waals surface area (Å²) in [4.78, 5) is 38.0. The molecule has 144 valence electrons. The highest BCUT2D eigenvalue weighted by atomic mass is 32.2. The van der Waals surface area contributed by atoms with Gasteiger partial charge in [0.15, 0.2) is 0 Å². The monoisotopic (exact) mass is 383 g/mol. The van der Waals surface area contributed by atoms with Crippen LogP contribution in [-0.4, -0.2) is 65.8 Å². The van der Waals surface area contributed by atoms with Gasteiger partial charge in [-0.05, 0) is 25.2 Å². The molecule has 4 unspecified atom stereocenters.